The van der Waals surface area contributed by atoms with Gasteiger partial charge in [0, 0.05) is 37.6 Å². The molecule has 2 aliphatic carbocycles. The molecule has 12 heteroatoms. The Kier molecular flexibility index (Phi) is 9.52. The maximum absolute atomic E-state index is 14.6. The number of imidazole rings is 1. The lowest BCUT2D eigenvalue weighted by Crippen LogP contribution is -2.41. The van der Waals surface area contributed by atoms with E-state index in [0.29, 0.717) is 55.9 Å². The van der Waals surface area contributed by atoms with Crippen LogP contribution in [0.3, 0.4) is 0 Å². The molecule has 10 nitrogen and oxygen atoms in total. The van der Waals surface area contributed by atoms with Crippen LogP contribution in [0.25, 0.3) is 11.2 Å². The van der Waals surface area contributed by atoms with Crippen molar-refractivity contribution in [3.05, 3.63) is 36.0 Å². The van der Waals surface area contributed by atoms with Gasteiger partial charge in [0.2, 0.25) is 17.8 Å². The normalized spacial score (nSPS) is 22.8. The molecular weight excluding hydrogens is 542 g/mol. The smallest absolute Gasteiger partial charge is 0.225 e. The number of aliphatic hydroxyl groups is 1. The largest absolute Gasteiger partial charge is 0.393 e. The van der Waals surface area contributed by atoms with E-state index in [0.717, 1.165) is 32.2 Å². The molecule has 2 fully saturated rings. The van der Waals surface area contributed by atoms with Gasteiger partial charge in [0.25, 0.3) is 0 Å². The van der Waals surface area contributed by atoms with Gasteiger partial charge >= 0.3 is 0 Å². The molecule has 0 spiro atoms. The predicted octanol–water partition coefficient (Wildman–Crippen LogP) is 4.70. The number of carbonyl (C=O) groups excluding carboxylic acids is 1. The number of aliphatic hydroxyl groups excluding tert-OH is 1. The molecule has 0 atom stereocenters. The summed E-state index contributed by atoms with van der Waals surface area (Å²) in [6, 6.07) is 3.81. The Morgan fingerprint density at radius 3 is 2.36 bits per heavy atom. The molecule has 1 aromatic carbocycles. The zero-order valence-corrected chi connectivity index (χ0v) is 24.7. The van der Waals surface area contributed by atoms with Crippen LogP contribution >= 0.6 is 0 Å². The summed E-state index contributed by atoms with van der Waals surface area (Å²) in [5, 5.41) is 16.2. The lowest BCUT2D eigenvalue weighted by molar-refractivity contribution is -0.136. The van der Waals surface area contributed by atoms with Crippen LogP contribution in [0.4, 0.5) is 26.4 Å². The van der Waals surface area contributed by atoms with E-state index >= 15 is 0 Å². The van der Waals surface area contributed by atoms with Gasteiger partial charge in [0.15, 0.2) is 5.65 Å². The van der Waals surface area contributed by atoms with E-state index < -0.39 is 11.6 Å². The molecule has 0 aliphatic heterocycles. The van der Waals surface area contributed by atoms with Crippen molar-refractivity contribution in [3.8, 4) is 0 Å². The Morgan fingerprint density at radius 1 is 1.02 bits per heavy atom. The topological polar surface area (TPSA) is 111 Å². The number of aromatic nitrogens is 4. The predicted molar refractivity (Wildman–Crippen MR) is 159 cm³/mol. The zero-order valence-electron chi connectivity index (χ0n) is 24.7. The van der Waals surface area contributed by atoms with Crippen molar-refractivity contribution in [2.45, 2.75) is 76.5 Å². The first-order valence-electron chi connectivity index (χ1n) is 15.1. The van der Waals surface area contributed by atoms with Crippen LogP contribution in [0.1, 0.15) is 64.3 Å². The molecule has 42 heavy (non-hydrogen) atoms. The highest BCUT2D eigenvalue weighted by molar-refractivity contribution is 5.79. The molecule has 5 rings (SSSR count). The minimum Gasteiger partial charge on any atom is -0.393 e. The van der Waals surface area contributed by atoms with E-state index in [1.165, 1.54) is 18.2 Å². The number of nitrogens with one attached hydrogen (secondary N) is 2. The van der Waals surface area contributed by atoms with Crippen LogP contribution in [0, 0.1) is 17.6 Å². The van der Waals surface area contributed by atoms with Crippen molar-refractivity contribution in [2.75, 3.05) is 44.4 Å². The van der Waals surface area contributed by atoms with Crippen molar-refractivity contribution in [2.24, 2.45) is 5.92 Å². The first-order chi connectivity index (χ1) is 20.2. The van der Waals surface area contributed by atoms with Crippen molar-refractivity contribution in [3.63, 3.8) is 0 Å². The van der Waals surface area contributed by atoms with E-state index in [-0.39, 0.29) is 41.6 Å². The molecule has 2 heterocycles. The summed E-state index contributed by atoms with van der Waals surface area (Å²) < 4.78 is 31.2. The van der Waals surface area contributed by atoms with Gasteiger partial charge in [-0.05, 0) is 84.5 Å². The Hall–Kier alpha value is -3.38. The number of fused-ring (bicyclic) bond motifs is 1. The summed E-state index contributed by atoms with van der Waals surface area (Å²) in [5.41, 5.74) is 0.806. The number of hydrogen-bond donors (Lipinski definition) is 3. The van der Waals surface area contributed by atoms with E-state index in [9.17, 15) is 18.7 Å². The number of carbonyl (C=O) groups is 1. The molecule has 2 aromatic heterocycles. The number of halogens is 2. The summed E-state index contributed by atoms with van der Waals surface area (Å²) in [5.74, 6) is -0.561. The number of hydrogen-bond acceptors (Lipinski definition) is 8. The van der Waals surface area contributed by atoms with Crippen LogP contribution in [0.15, 0.2) is 24.4 Å². The summed E-state index contributed by atoms with van der Waals surface area (Å²) in [4.78, 5) is 31.3. The lowest BCUT2D eigenvalue weighted by atomic mass is 9.85. The first-order valence-corrected chi connectivity index (χ1v) is 15.1. The number of nitrogens with zero attached hydrogens (tertiary/aromatic N) is 6. The fourth-order valence-electron chi connectivity index (χ4n) is 6.11. The second-order valence-electron chi connectivity index (χ2n) is 11.8. The second kappa shape index (κ2) is 13.3. The maximum atomic E-state index is 14.6. The molecule has 3 aromatic rings. The Bertz CT molecular complexity index is 1350. The Labute approximate surface area is 245 Å². The summed E-state index contributed by atoms with van der Waals surface area (Å²) in [6.45, 7) is 4.20. The van der Waals surface area contributed by atoms with Crippen LogP contribution in [-0.4, -0.2) is 86.2 Å². The van der Waals surface area contributed by atoms with E-state index in [4.69, 9.17) is 4.98 Å². The van der Waals surface area contributed by atoms with Gasteiger partial charge in [0.05, 0.1) is 12.3 Å². The number of rotatable bonds is 10. The molecule has 3 N–H and O–H groups in total. The molecule has 0 radical (unpaired) electrons. The average Bonchev–Trinajstić information content (AvgIpc) is 3.33. The highest BCUT2D eigenvalue weighted by Crippen LogP contribution is 2.38. The fraction of sp³-hybridized carbons (Fsp3) is 0.600. The van der Waals surface area contributed by atoms with Crippen LogP contribution in [0.5, 0.6) is 0 Å². The number of para-hydroxylation sites is 1. The van der Waals surface area contributed by atoms with Gasteiger partial charge in [-0.3, -0.25) is 9.36 Å². The van der Waals surface area contributed by atoms with E-state index in [1.807, 2.05) is 30.5 Å². The zero-order chi connectivity index (χ0) is 29.8. The molecule has 0 unspecified atom stereocenters. The first kappa shape index (κ1) is 30.1. The summed E-state index contributed by atoms with van der Waals surface area (Å²) in [7, 11) is 4.00. The molecule has 228 valence electrons. The van der Waals surface area contributed by atoms with E-state index in [1.54, 1.807) is 6.20 Å². The molecule has 0 bridgehead atoms. The quantitative estimate of drug-likeness (QED) is 0.314. The number of likely N-dealkylation sites (N-methyl/N-ethyl adjacent to an activating group) is 2. The lowest BCUT2D eigenvalue weighted by Gasteiger charge is -2.33. The standard InChI is InChI=1S/C30H42F2N8O2/c1-4-39(17-16-38(2)3)28(42)19-8-12-21(13-9-19)40-27-25(35-30(40)36-26-23(31)6-5-7-24(26)32)18-33-29(37-27)34-20-10-14-22(41)15-11-20/h5-7,18-22,41H,4,8-17H2,1-3H3,(H,35,36)(H,33,34,37). The molecule has 1 amide bonds. The van der Waals surface area contributed by atoms with Crippen molar-refractivity contribution < 1.29 is 18.7 Å². The molecule has 2 saturated carbocycles. The minimum absolute atomic E-state index is 0.0629. The van der Waals surface area contributed by atoms with Crippen molar-refractivity contribution in [1.82, 2.24) is 29.3 Å². The van der Waals surface area contributed by atoms with Gasteiger partial charge in [0.1, 0.15) is 22.8 Å². The fourth-order valence-corrected chi connectivity index (χ4v) is 6.11. The summed E-state index contributed by atoms with van der Waals surface area (Å²) in [6.07, 6.45) is 7.28. The number of amides is 1. The Morgan fingerprint density at radius 2 is 1.71 bits per heavy atom. The third kappa shape index (κ3) is 6.81. The van der Waals surface area contributed by atoms with Crippen molar-refractivity contribution in [1.29, 1.82) is 0 Å². The molecular formula is C30H42F2N8O2. The molecule has 0 saturated heterocycles. The van der Waals surface area contributed by atoms with Gasteiger partial charge in [-0.1, -0.05) is 6.07 Å². The van der Waals surface area contributed by atoms with Gasteiger partial charge in [-0.2, -0.15) is 4.98 Å². The van der Waals surface area contributed by atoms with Crippen LogP contribution in [-0.2, 0) is 4.79 Å². The Balaban J connectivity index is 1.41. The van der Waals surface area contributed by atoms with Crippen molar-refractivity contribution >= 4 is 34.7 Å². The van der Waals surface area contributed by atoms with Crippen LogP contribution < -0.4 is 10.6 Å². The number of anilines is 3. The maximum Gasteiger partial charge on any atom is 0.225 e. The highest BCUT2D eigenvalue weighted by atomic mass is 19.1. The number of benzene rings is 1. The molecule has 2 aliphatic rings. The van der Waals surface area contributed by atoms with Gasteiger partial charge in [-0.25, -0.2) is 18.7 Å². The van der Waals surface area contributed by atoms with Gasteiger partial charge < -0.3 is 25.5 Å². The highest BCUT2D eigenvalue weighted by Gasteiger charge is 2.32. The monoisotopic (exact) mass is 584 g/mol. The third-order valence-corrected chi connectivity index (χ3v) is 8.58. The van der Waals surface area contributed by atoms with Gasteiger partial charge in [-0.15, -0.1) is 0 Å². The minimum atomic E-state index is -0.715. The van der Waals surface area contributed by atoms with E-state index in [2.05, 4.69) is 25.5 Å². The van der Waals surface area contributed by atoms with Crippen LogP contribution in [0.2, 0.25) is 0 Å². The average molecular weight is 585 g/mol. The summed E-state index contributed by atoms with van der Waals surface area (Å²) >= 11 is 0. The second-order valence-corrected chi connectivity index (χ2v) is 11.8. The third-order valence-electron chi connectivity index (χ3n) is 8.58. The SMILES string of the molecule is CCN(CCN(C)C)C(=O)C1CCC(n2c(Nc3c(F)cccc3F)nc3cnc(NC4CCC(O)CC4)nc32)CC1.